The number of aromatic nitrogens is 3. The minimum atomic E-state index is -1.49. The van der Waals surface area contributed by atoms with Gasteiger partial charge in [0.2, 0.25) is 0 Å². The number of H-pyrrole nitrogens is 1. The first-order chi connectivity index (χ1) is 14.9. The number of hydrogen-bond donors (Lipinski definition) is 3. The zero-order valence-corrected chi connectivity index (χ0v) is 16.9. The number of amides is 2. The standard InChI is InChI=1S/C21H22FN5O4/c1-13-15-8-14(22)2-3-16(15)26-18(13)20(29)27-6-7-31-12-21(30,11-27)10-25-19(28)17-9-23-4-5-24-17/h2-5,8-9,26,30H,6-7,10-12H2,1H3,(H,25,28)/t21-/m1/s1. The molecule has 1 atom stereocenters. The summed E-state index contributed by atoms with van der Waals surface area (Å²) < 4.78 is 19.1. The average molecular weight is 427 g/mol. The van der Waals surface area contributed by atoms with Crippen LogP contribution in [0.4, 0.5) is 4.39 Å². The molecule has 0 radical (unpaired) electrons. The molecule has 162 valence electrons. The number of ether oxygens (including phenoxy) is 1. The summed E-state index contributed by atoms with van der Waals surface area (Å²) in [5.74, 6) is -1.21. The van der Waals surface area contributed by atoms with Crippen LogP contribution in [-0.4, -0.2) is 75.2 Å². The van der Waals surface area contributed by atoms with Gasteiger partial charge in [-0.15, -0.1) is 0 Å². The third-order valence-electron chi connectivity index (χ3n) is 5.26. The van der Waals surface area contributed by atoms with Gasteiger partial charge in [-0.1, -0.05) is 0 Å². The molecular formula is C21H22FN5O4. The molecule has 31 heavy (non-hydrogen) atoms. The molecule has 1 saturated heterocycles. The van der Waals surface area contributed by atoms with Crippen molar-refractivity contribution in [2.24, 2.45) is 0 Å². The first-order valence-corrected chi connectivity index (χ1v) is 9.78. The van der Waals surface area contributed by atoms with E-state index in [0.717, 1.165) is 0 Å². The molecule has 0 spiro atoms. The number of benzene rings is 1. The van der Waals surface area contributed by atoms with Gasteiger partial charge in [0.25, 0.3) is 11.8 Å². The molecule has 1 aliphatic heterocycles. The van der Waals surface area contributed by atoms with E-state index in [4.69, 9.17) is 4.74 Å². The molecule has 0 bridgehead atoms. The van der Waals surface area contributed by atoms with Gasteiger partial charge in [-0.25, -0.2) is 9.37 Å². The fraction of sp³-hybridized carbons (Fsp3) is 0.333. The summed E-state index contributed by atoms with van der Waals surface area (Å²) in [6, 6.07) is 4.28. The first-order valence-electron chi connectivity index (χ1n) is 9.78. The van der Waals surface area contributed by atoms with E-state index in [1.807, 2.05) is 0 Å². The summed E-state index contributed by atoms with van der Waals surface area (Å²) >= 11 is 0. The smallest absolute Gasteiger partial charge is 0.271 e. The molecule has 0 unspecified atom stereocenters. The molecule has 1 aliphatic rings. The number of aryl methyl sites for hydroxylation is 1. The molecular weight excluding hydrogens is 405 g/mol. The number of carbonyl (C=O) groups is 2. The summed E-state index contributed by atoms with van der Waals surface area (Å²) in [6.07, 6.45) is 4.17. The zero-order chi connectivity index (χ0) is 22.0. The predicted octanol–water partition coefficient (Wildman–Crippen LogP) is 1.04. The van der Waals surface area contributed by atoms with Crippen LogP contribution in [0.5, 0.6) is 0 Å². The van der Waals surface area contributed by atoms with Crippen LogP contribution in [0.2, 0.25) is 0 Å². The minimum Gasteiger partial charge on any atom is -0.384 e. The summed E-state index contributed by atoms with van der Waals surface area (Å²) in [7, 11) is 0. The van der Waals surface area contributed by atoms with Gasteiger partial charge in [-0.05, 0) is 30.7 Å². The number of halogens is 1. The lowest BCUT2D eigenvalue weighted by atomic mass is 10.0. The van der Waals surface area contributed by atoms with Crippen LogP contribution in [0.25, 0.3) is 10.9 Å². The quantitative estimate of drug-likeness (QED) is 0.572. The highest BCUT2D eigenvalue weighted by molar-refractivity contribution is 6.01. The van der Waals surface area contributed by atoms with Crippen molar-refractivity contribution in [3.63, 3.8) is 0 Å². The van der Waals surface area contributed by atoms with E-state index in [1.54, 1.807) is 13.0 Å². The SMILES string of the molecule is Cc1c(C(=O)N2CCOC[C@@](O)(CNC(=O)c3cnccn3)C2)[nH]c2ccc(F)cc12. The van der Waals surface area contributed by atoms with E-state index in [-0.39, 0.29) is 50.3 Å². The van der Waals surface area contributed by atoms with E-state index in [1.165, 1.54) is 35.6 Å². The van der Waals surface area contributed by atoms with Crippen LogP contribution < -0.4 is 5.32 Å². The second-order valence-electron chi connectivity index (χ2n) is 7.59. The Balaban J connectivity index is 1.50. The third kappa shape index (κ3) is 4.39. The third-order valence-corrected chi connectivity index (χ3v) is 5.26. The lowest BCUT2D eigenvalue weighted by Crippen LogP contribution is -2.53. The minimum absolute atomic E-state index is 0.0459. The Morgan fingerprint density at radius 1 is 1.39 bits per heavy atom. The molecule has 3 N–H and O–H groups in total. The van der Waals surface area contributed by atoms with Crippen molar-refractivity contribution in [2.75, 3.05) is 32.8 Å². The van der Waals surface area contributed by atoms with Gasteiger partial charge in [0.15, 0.2) is 0 Å². The molecule has 10 heteroatoms. The maximum atomic E-state index is 13.6. The largest absolute Gasteiger partial charge is 0.384 e. The maximum Gasteiger partial charge on any atom is 0.271 e. The molecule has 3 aromatic rings. The van der Waals surface area contributed by atoms with Gasteiger partial charge in [-0.2, -0.15) is 0 Å². The van der Waals surface area contributed by atoms with Crippen molar-refractivity contribution in [1.29, 1.82) is 0 Å². The number of fused-ring (bicyclic) bond motifs is 1. The monoisotopic (exact) mass is 427 g/mol. The summed E-state index contributed by atoms with van der Waals surface area (Å²) in [6.45, 7) is 2.02. The van der Waals surface area contributed by atoms with Crippen molar-refractivity contribution >= 4 is 22.7 Å². The van der Waals surface area contributed by atoms with E-state index < -0.39 is 11.5 Å². The van der Waals surface area contributed by atoms with E-state index >= 15 is 0 Å². The second-order valence-corrected chi connectivity index (χ2v) is 7.59. The second kappa shape index (κ2) is 8.40. The average Bonchev–Trinajstić information content (AvgIpc) is 2.96. The fourth-order valence-electron chi connectivity index (χ4n) is 3.62. The Kier molecular flexibility index (Phi) is 5.66. The van der Waals surface area contributed by atoms with E-state index in [2.05, 4.69) is 20.3 Å². The highest BCUT2D eigenvalue weighted by Gasteiger charge is 2.36. The Hall–Kier alpha value is -3.37. The van der Waals surface area contributed by atoms with Crippen LogP contribution >= 0.6 is 0 Å². The van der Waals surface area contributed by atoms with Crippen LogP contribution in [-0.2, 0) is 4.74 Å². The van der Waals surface area contributed by atoms with Crippen molar-refractivity contribution in [3.8, 4) is 0 Å². The number of hydrogen-bond acceptors (Lipinski definition) is 6. The Bertz CT molecular complexity index is 1120. The van der Waals surface area contributed by atoms with Gasteiger partial charge >= 0.3 is 0 Å². The first kappa shape index (κ1) is 20.9. The lowest BCUT2D eigenvalue weighted by Gasteiger charge is -2.30. The molecule has 2 amide bonds. The summed E-state index contributed by atoms with van der Waals surface area (Å²) in [5, 5.41) is 14.3. The highest BCUT2D eigenvalue weighted by atomic mass is 19.1. The predicted molar refractivity (Wildman–Crippen MR) is 109 cm³/mol. The molecule has 1 fully saturated rings. The van der Waals surface area contributed by atoms with Crippen molar-refractivity contribution in [1.82, 2.24) is 25.2 Å². The Morgan fingerprint density at radius 2 is 2.23 bits per heavy atom. The van der Waals surface area contributed by atoms with Gasteiger partial charge in [-0.3, -0.25) is 14.6 Å². The number of rotatable bonds is 4. The molecule has 2 aromatic heterocycles. The van der Waals surface area contributed by atoms with Gasteiger partial charge < -0.3 is 25.0 Å². The summed E-state index contributed by atoms with van der Waals surface area (Å²) in [5.41, 5.74) is 0.239. The molecule has 4 rings (SSSR count). The van der Waals surface area contributed by atoms with Gasteiger partial charge in [0.1, 0.15) is 22.8 Å². The molecule has 1 aromatic carbocycles. The van der Waals surface area contributed by atoms with Crippen LogP contribution in [0.1, 0.15) is 26.5 Å². The number of nitrogens with one attached hydrogen (secondary N) is 2. The molecule has 3 heterocycles. The summed E-state index contributed by atoms with van der Waals surface area (Å²) in [4.78, 5) is 37.7. The molecule has 0 aliphatic carbocycles. The van der Waals surface area contributed by atoms with Crippen LogP contribution in [0.3, 0.4) is 0 Å². The lowest BCUT2D eigenvalue weighted by molar-refractivity contribution is -0.0324. The molecule has 9 nitrogen and oxygen atoms in total. The van der Waals surface area contributed by atoms with Gasteiger partial charge in [0, 0.05) is 29.8 Å². The van der Waals surface area contributed by atoms with E-state index in [9.17, 15) is 19.1 Å². The number of aliphatic hydroxyl groups is 1. The number of β-amino-alcohol motifs (C(OH)–C–C–N with tert-alkyl or cyclic N) is 1. The normalized spacial score (nSPS) is 19.3. The van der Waals surface area contributed by atoms with Crippen molar-refractivity contribution in [3.05, 3.63) is 59.6 Å². The van der Waals surface area contributed by atoms with Gasteiger partial charge in [0.05, 0.1) is 32.5 Å². The fourth-order valence-corrected chi connectivity index (χ4v) is 3.62. The maximum absolute atomic E-state index is 13.6. The van der Waals surface area contributed by atoms with Crippen LogP contribution in [0.15, 0.2) is 36.8 Å². The molecule has 0 saturated carbocycles. The van der Waals surface area contributed by atoms with Crippen LogP contribution in [0, 0.1) is 12.7 Å². The van der Waals surface area contributed by atoms with Crippen molar-refractivity contribution in [2.45, 2.75) is 12.5 Å². The highest BCUT2D eigenvalue weighted by Crippen LogP contribution is 2.24. The number of nitrogens with zero attached hydrogens (tertiary/aromatic N) is 3. The van der Waals surface area contributed by atoms with Crippen molar-refractivity contribution < 1.29 is 23.8 Å². The Labute approximate surface area is 177 Å². The number of aromatic amines is 1. The zero-order valence-electron chi connectivity index (χ0n) is 16.9. The Morgan fingerprint density at radius 3 is 3.00 bits per heavy atom. The topological polar surface area (TPSA) is 120 Å². The van der Waals surface area contributed by atoms with E-state index in [0.29, 0.717) is 22.2 Å². The number of carbonyl (C=O) groups excluding carboxylic acids is 2.